The van der Waals surface area contributed by atoms with Crippen molar-refractivity contribution in [2.24, 2.45) is 0 Å². The van der Waals surface area contributed by atoms with E-state index in [-0.39, 0.29) is 0 Å². The summed E-state index contributed by atoms with van der Waals surface area (Å²) in [5, 5.41) is -0.971. The lowest BCUT2D eigenvalue weighted by Gasteiger charge is -2.11. The van der Waals surface area contributed by atoms with E-state index in [0.29, 0.717) is 17.9 Å². The Balaban J connectivity index is 0.00000110. The van der Waals surface area contributed by atoms with Crippen molar-refractivity contribution >= 4 is 23.4 Å². The van der Waals surface area contributed by atoms with Gasteiger partial charge in [0.1, 0.15) is 11.1 Å². The molecule has 1 rings (SSSR count). The Kier molecular flexibility index (Phi) is 11.5. The van der Waals surface area contributed by atoms with Crippen LogP contribution in [0.3, 0.4) is 0 Å². The highest BCUT2D eigenvalue weighted by molar-refractivity contribution is 7.86. The second-order valence-electron chi connectivity index (χ2n) is 5.84. The first-order valence-corrected chi connectivity index (χ1v) is 10.00. The lowest BCUT2D eigenvalue weighted by molar-refractivity contribution is 0.368. The fourth-order valence-corrected chi connectivity index (χ4v) is 3.20. The van der Waals surface area contributed by atoms with Crippen molar-refractivity contribution in [1.82, 2.24) is 9.97 Å². The molecule has 0 fully saturated rings. The molecule has 0 aliphatic carbocycles. The molecule has 0 saturated carbocycles. The molecular formula is C15H26BF4N2O3S-. The number of hydrogen-bond donors (Lipinski definition) is 2. The van der Waals surface area contributed by atoms with Gasteiger partial charge in [-0.05, 0) is 12.5 Å². The number of unbranched alkanes of at least 4 members (excludes halogenated alkanes) is 6. The molecule has 1 aromatic rings. The van der Waals surface area contributed by atoms with Gasteiger partial charge in [-0.1, -0.05) is 58.4 Å². The van der Waals surface area contributed by atoms with Crippen LogP contribution in [0, 0.1) is 0 Å². The lowest BCUT2D eigenvalue weighted by Crippen LogP contribution is -2.14. The fourth-order valence-electron chi connectivity index (χ4n) is 2.33. The number of hydrogen-bond acceptors (Lipinski definition) is 3. The van der Waals surface area contributed by atoms with E-state index < -0.39 is 22.6 Å². The Morgan fingerprint density at radius 3 is 2.12 bits per heavy atom. The van der Waals surface area contributed by atoms with Gasteiger partial charge in [-0.2, -0.15) is 8.42 Å². The molecule has 1 unspecified atom stereocenters. The molecule has 26 heavy (non-hydrogen) atoms. The zero-order chi connectivity index (χ0) is 20.2. The Hall–Kier alpha value is -1.36. The summed E-state index contributed by atoms with van der Waals surface area (Å²) in [4.78, 5) is 6.90. The molecule has 0 aromatic carbocycles. The number of nitrogens with zero attached hydrogens (tertiary/aromatic N) is 1. The van der Waals surface area contributed by atoms with Crippen molar-refractivity contribution in [3.63, 3.8) is 0 Å². The zero-order valence-electron chi connectivity index (χ0n) is 14.8. The van der Waals surface area contributed by atoms with E-state index >= 15 is 0 Å². The third kappa shape index (κ3) is 12.9. The average Bonchev–Trinajstić information content (AvgIpc) is 2.95. The normalized spacial score (nSPS) is 13.0. The highest BCUT2D eigenvalue weighted by Gasteiger charge is 2.27. The first-order chi connectivity index (χ1) is 12.0. The first-order valence-electron chi connectivity index (χ1n) is 8.50. The molecule has 0 aliphatic rings. The number of imidazole rings is 1. The van der Waals surface area contributed by atoms with Crippen LogP contribution in [0.4, 0.5) is 17.3 Å². The molecule has 0 amide bonds. The zero-order valence-corrected chi connectivity index (χ0v) is 15.6. The fraction of sp³-hybridized carbons (Fsp3) is 0.667. The third-order valence-corrected chi connectivity index (χ3v) is 4.75. The molecule has 0 bridgehead atoms. The highest BCUT2D eigenvalue weighted by Crippen LogP contribution is 2.26. The highest BCUT2D eigenvalue weighted by atomic mass is 32.2. The van der Waals surface area contributed by atoms with Crippen LogP contribution < -0.4 is 0 Å². The molecule has 0 radical (unpaired) electrons. The maximum atomic E-state index is 11.5. The maximum Gasteiger partial charge on any atom is 0.673 e. The number of halogens is 4. The molecule has 1 atom stereocenters. The summed E-state index contributed by atoms with van der Waals surface area (Å²) in [6.07, 6.45) is 11.2. The van der Waals surface area contributed by atoms with Crippen LogP contribution in [0.2, 0.25) is 0 Å². The molecular weight excluding hydrogens is 375 g/mol. The van der Waals surface area contributed by atoms with Gasteiger partial charge in [-0.3, -0.25) is 4.55 Å². The number of nitrogens with one attached hydrogen (secondary N) is 1. The molecule has 152 valence electrons. The van der Waals surface area contributed by atoms with Gasteiger partial charge in [0.2, 0.25) is 0 Å². The summed E-state index contributed by atoms with van der Waals surface area (Å²) in [6, 6.07) is 0. The van der Waals surface area contributed by atoms with Crippen molar-refractivity contribution in [1.29, 1.82) is 0 Å². The van der Waals surface area contributed by atoms with E-state index in [1.807, 2.05) is 0 Å². The summed E-state index contributed by atoms with van der Waals surface area (Å²) in [5.41, 5.74) is 0.651. The van der Waals surface area contributed by atoms with Crippen LogP contribution in [0.25, 0.3) is 6.08 Å². The van der Waals surface area contributed by atoms with Crippen LogP contribution in [0.15, 0.2) is 12.8 Å². The van der Waals surface area contributed by atoms with Crippen LogP contribution in [0.5, 0.6) is 0 Å². The minimum absolute atomic E-state index is 0.290. The molecule has 1 heterocycles. The van der Waals surface area contributed by atoms with Crippen LogP contribution in [0.1, 0.15) is 75.1 Å². The van der Waals surface area contributed by atoms with Gasteiger partial charge >= 0.3 is 7.25 Å². The molecule has 0 aliphatic heterocycles. The summed E-state index contributed by atoms with van der Waals surface area (Å²) < 4.78 is 71.4. The Labute approximate surface area is 152 Å². The number of aromatic amines is 1. The van der Waals surface area contributed by atoms with E-state index in [1.165, 1.54) is 31.9 Å². The number of rotatable bonds is 11. The summed E-state index contributed by atoms with van der Waals surface area (Å²) in [7, 11) is -10.1. The SMILES string of the molecule is C=Cc1cnc(C(CCCCCCCCC)S(=O)(=O)O)[nH]1.F[B-](F)(F)F. The van der Waals surface area contributed by atoms with E-state index in [9.17, 15) is 30.2 Å². The minimum Gasteiger partial charge on any atom is -0.418 e. The van der Waals surface area contributed by atoms with Gasteiger partial charge in [0, 0.05) is 0 Å². The Morgan fingerprint density at radius 1 is 1.19 bits per heavy atom. The average molecular weight is 401 g/mol. The molecule has 5 nitrogen and oxygen atoms in total. The van der Waals surface area contributed by atoms with Crippen molar-refractivity contribution in [3.05, 3.63) is 24.3 Å². The number of aromatic nitrogens is 2. The topological polar surface area (TPSA) is 83.1 Å². The van der Waals surface area contributed by atoms with Crippen LogP contribution in [-0.4, -0.2) is 30.2 Å². The molecule has 2 N–H and O–H groups in total. The van der Waals surface area contributed by atoms with Crippen molar-refractivity contribution in [3.8, 4) is 0 Å². The minimum atomic E-state index is -6.00. The predicted molar refractivity (Wildman–Crippen MR) is 95.8 cm³/mol. The Morgan fingerprint density at radius 2 is 1.69 bits per heavy atom. The summed E-state index contributed by atoms with van der Waals surface area (Å²) >= 11 is 0. The molecule has 0 saturated heterocycles. The van der Waals surface area contributed by atoms with Gasteiger partial charge in [-0.25, -0.2) is 4.98 Å². The first kappa shape index (κ1) is 24.6. The Bertz CT molecular complexity index is 615. The standard InChI is InChI=1S/C15H26N2O3S.BF4/c1-3-5-6-7-8-9-10-11-14(21(18,19)20)15-16-12-13(4-2)17-15;2-1(3,4)5/h4,12,14H,2-3,5-11H2,1H3,(H,16,17)(H,18,19,20);/q;-1. The van der Waals surface area contributed by atoms with Crippen molar-refractivity contribution in [2.45, 2.75) is 63.5 Å². The lowest BCUT2D eigenvalue weighted by atomic mass is 10.1. The van der Waals surface area contributed by atoms with Gasteiger partial charge in [0.15, 0.2) is 0 Å². The van der Waals surface area contributed by atoms with Crippen molar-refractivity contribution in [2.75, 3.05) is 0 Å². The molecule has 11 heteroatoms. The van der Waals surface area contributed by atoms with Gasteiger partial charge < -0.3 is 22.2 Å². The molecule has 0 spiro atoms. The summed E-state index contributed by atoms with van der Waals surface area (Å²) in [5.74, 6) is 0.290. The number of H-pyrrole nitrogens is 1. The van der Waals surface area contributed by atoms with E-state index in [0.717, 1.165) is 19.3 Å². The van der Waals surface area contributed by atoms with E-state index in [1.54, 1.807) is 6.08 Å². The van der Waals surface area contributed by atoms with Gasteiger partial charge in [0.05, 0.1) is 11.9 Å². The van der Waals surface area contributed by atoms with Gasteiger partial charge in [0.25, 0.3) is 10.1 Å². The van der Waals surface area contributed by atoms with Crippen LogP contribution >= 0.6 is 0 Å². The van der Waals surface area contributed by atoms with Gasteiger partial charge in [-0.15, -0.1) is 0 Å². The predicted octanol–water partition coefficient (Wildman–Crippen LogP) is 5.42. The quantitative estimate of drug-likeness (QED) is 0.224. The van der Waals surface area contributed by atoms with Crippen LogP contribution in [-0.2, 0) is 10.1 Å². The molecule has 1 aromatic heterocycles. The van der Waals surface area contributed by atoms with E-state index in [2.05, 4.69) is 23.5 Å². The maximum absolute atomic E-state index is 11.5. The monoisotopic (exact) mass is 401 g/mol. The summed E-state index contributed by atoms with van der Waals surface area (Å²) in [6.45, 7) is 5.77. The smallest absolute Gasteiger partial charge is 0.418 e. The third-order valence-electron chi connectivity index (χ3n) is 3.57. The van der Waals surface area contributed by atoms with Crippen molar-refractivity contribution < 1.29 is 30.2 Å². The van der Waals surface area contributed by atoms with E-state index in [4.69, 9.17) is 0 Å². The largest absolute Gasteiger partial charge is 0.673 e. The second-order valence-corrected chi connectivity index (χ2v) is 7.44. The second kappa shape index (κ2) is 12.1.